The van der Waals surface area contributed by atoms with E-state index in [9.17, 15) is 13.2 Å². The molecule has 0 aromatic carbocycles. The van der Waals surface area contributed by atoms with Crippen molar-refractivity contribution in [1.29, 1.82) is 0 Å². The van der Waals surface area contributed by atoms with Crippen LogP contribution >= 0.6 is 0 Å². The van der Waals surface area contributed by atoms with E-state index in [0.717, 1.165) is 12.8 Å². The Morgan fingerprint density at radius 3 is 2.35 bits per heavy atom. The van der Waals surface area contributed by atoms with Gasteiger partial charge in [-0.1, -0.05) is 39.0 Å². The van der Waals surface area contributed by atoms with Crippen LogP contribution < -0.4 is 10.5 Å². The summed E-state index contributed by atoms with van der Waals surface area (Å²) in [6, 6.07) is -0.755. The van der Waals surface area contributed by atoms with Gasteiger partial charge in [0.1, 0.15) is 6.29 Å². The van der Waals surface area contributed by atoms with Crippen molar-refractivity contribution in [2.75, 3.05) is 12.3 Å². The van der Waals surface area contributed by atoms with Crippen LogP contribution in [0.5, 0.6) is 0 Å². The minimum Gasteiger partial charge on any atom is -0.321 e. The molecule has 0 aromatic heterocycles. The Hall–Kier alpha value is -0.460. The Balaban J connectivity index is 3.61. The largest absolute Gasteiger partial charge is 0.321 e. The van der Waals surface area contributed by atoms with Crippen LogP contribution in [0.4, 0.5) is 0 Å². The van der Waals surface area contributed by atoms with Crippen molar-refractivity contribution in [2.45, 2.75) is 51.5 Å². The number of rotatable bonds is 11. The highest BCUT2D eigenvalue weighted by Crippen LogP contribution is 2.05. The van der Waals surface area contributed by atoms with Gasteiger partial charge in [-0.2, -0.15) is 0 Å². The molecule has 0 bridgehead atoms. The highest BCUT2D eigenvalue weighted by molar-refractivity contribution is 7.89. The van der Waals surface area contributed by atoms with Crippen LogP contribution in [0.3, 0.4) is 0 Å². The first-order valence-corrected chi connectivity index (χ1v) is 7.85. The highest BCUT2D eigenvalue weighted by Gasteiger charge is 2.11. The maximum atomic E-state index is 11.5. The van der Waals surface area contributed by atoms with Gasteiger partial charge in [0, 0.05) is 6.54 Å². The molecule has 0 spiro atoms. The van der Waals surface area contributed by atoms with Crippen molar-refractivity contribution in [3.05, 3.63) is 0 Å². The van der Waals surface area contributed by atoms with E-state index in [1.165, 1.54) is 19.3 Å². The average molecular weight is 264 g/mol. The summed E-state index contributed by atoms with van der Waals surface area (Å²) >= 11 is 0. The van der Waals surface area contributed by atoms with E-state index < -0.39 is 16.1 Å². The maximum absolute atomic E-state index is 11.5. The Morgan fingerprint density at radius 2 is 1.76 bits per heavy atom. The molecule has 0 rings (SSSR count). The highest BCUT2D eigenvalue weighted by atomic mass is 32.2. The molecular weight excluding hydrogens is 240 g/mol. The molecule has 3 N–H and O–H groups in total. The van der Waals surface area contributed by atoms with E-state index in [-0.39, 0.29) is 12.3 Å². The zero-order valence-electron chi connectivity index (χ0n) is 10.5. The molecule has 0 aromatic rings. The molecule has 6 heteroatoms. The quantitative estimate of drug-likeness (QED) is 0.426. The van der Waals surface area contributed by atoms with Gasteiger partial charge in [0.05, 0.1) is 11.8 Å². The third-order valence-corrected chi connectivity index (χ3v) is 3.91. The molecule has 1 atom stereocenters. The number of aldehydes is 1. The number of carbonyl (C=O) groups is 1. The Kier molecular flexibility index (Phi) is 9.30. The normalized spacial score (nSPS) is 13.5. The molecule has 0 radical (unpaired) electrons. The van der Waals surface area contributed by atoms with Gasteiger partial charge in [-0.05, 0) is 6.42 Å². The molecule has 0 saturated carbocycles. The molecule has 0 aliphatic heterocycles. The molecule has 5 nitrogen and oxygen atoms in total. The summed E-state index contributed by atoms with van der Waals surface area (Å²) in [7, 11) is -3.27. The third kappa shape index (κ3) is 10.4. The first-order valence-electron chi connectivity index (χ1n) is 6.20. The van der Waals surface area contributed by atoms with Gasteiger partial charge < -0.3 is 10.5 Å². The van der Waals surface area contributed by atoms with E-state index in [4.69, 9.17) is 5.73 Å². The van der Waals surface area contributed by atoms with Gasteiger partial charge in [0.25, 0.3) is 0 Å². The first-order chi connectivity index (χ1) is 8.02. The zero-order chi connectivity index (χ0) is 13.1. The number of nitrogens with one attached hydrogen (secondary N) is 1. The summed E-state index contributed by atoms with van der Waals surface area (Å²) in [4.78, 5) is 10.2. The molecule has 0 fully saturated rings. The van der Waals surface area contributed by atoms with E-state index in [1.807, 2.05) is 0 Å². The Morgan fingerprint density at radius 1 is 1.18 bits per heavy atom. The summed E-state index contributed by atoms with van der Waals surface area (Å²) in [5.74, 6) is 0.116. The van der Waals surface area contributed by atoms with Crippen molar-refractivity contribution in [3.63, 3.8) is 0 Å². The molecule has 0 aliphatic rings. The fourth-order valence-corrected chi connectivity index (χ4v) is 2.59. The number of nitrogens with two attached hydrogens (primary N) is 1. The van der Waals surface area contributed by atoms with Crippen LogP contribution in [-0.2, 0) is 14.8 Å². The summed E-state index contributed by atoms with van der Waals surface area (Å²) in [6.45, 7) is 2.13. The molecule has 0 heterocycles. The lowest BCUT2D eigenvalue weighted by molar-refractivity contribution is -0.108. The maximum Gasteiger partial charge on any atom is 0.211 e. The van der Waals surface area contributed by atoms with Crippen LogP contribution in [0.15, 0.2) is 0 Å². The van der Waals surface area contributed by atoms with Crippen molar-refractivity contribution in [3.8, 4) is 0 Å². The third-order valence-electron chi connectivity index (χ3n) is 2.48. The van der Waals surface area contributed by atoms with Gasteiger partial charge in [0.15, 0.2) is 0 Å². The summed E-state index contributed by atoms with van der Waals surface area (Å²) < 4.78 is 25.2. The fraction of sp³-hybridized carbons (Fsp3) is 0.909. The summed E-state index contributed by atoms with van der Waals surface area (Å²) in [5.41, 5.74) is 5.29. The van der Waals surface area contributed by atoms with E-state index in [2.05, 4.69) is 11.6 Å². The standard InChI is InChI=1S/C11H24N2O3S/c1-2-3-4-5-6-7-8-17(15,16)13-9-11(12)10-14/h10-11,13H,2-9,12H2,1H3/t11-/m0/s1. The minimum atomic E-state index is -3.27. The van der Waals surface area contributed by atoms with E-state index >= 15 is 0 Å². The van der Waals surface area contributed by atoms with Crippen molar-refractivity contribution in [1.82, 2.24) is 4.72 Å². The van der Waals surface area contributed by atoms with Crippen LogP contribution in [0, 0.1) is 0 Å². The van der Waals surface area contributed by atoms with Crippen LogP contribution in [0.25, 0.3) is 0 Å². The molecule has 0 amide bonds. The molecule has 17 heavy (non-hydrogen) atoms. The second-order valence-electron chi connectivity index (χ2n) is 4.24. The van der Waals surface area contributed by atoms with Gasteiger partial charge in [-0.15, -0.1) is 0 Å². The fourth-order valence-electron chi connectivity index (χ4n) is 1.42. The monoisotopic (exact) mass is 264 g/mol. The Labute approximate surface area is 104 Å². The molecule has 0 aliphatic carbocycles. The smallest absolute Gasteiger partial charge is 0.211 e. The predicted molar refractivity (Wildman–Crippen MR) is 69.2 cm³/mol. The van der Waals surface area contributed by atoms with Gasteiger partial charge in [-0.25, -0.2) is 13.1 Å². The van der Waals surface area contributed by atoms with Gasteiger partial charge in [0.2, 0.25) is 10.0 Å². The number of hydrogen-bond donors (Lipinski definition) is 2. The second kappa shape index (κ2) is 9.56. The van der Waals surface area contributed by atoms with Crippen molar-refractivity contribution in [2.24, 2.45) is 5.73 Å². The predicted octanol–water partition coefficient (Wildman–Crippen LogP) is 0.793. The number of unbranched alkanes of at least 4 members (excludes halogenated alkanes) is 5. The van der Waals surface area contributed by atoms with Gasteiger partial charge in [-0.3, -0.25) is 0 Å². The topological polar surface area (TPSA) is 89.3 Å². The lowest BCUT2D eigenvalue weighted by atomic mass is 10.1. The number of carbonyl (C=O) groups excluding carboxylic acids is 1. The molecule has 0 unspecified atom stereocenters. The lowest BCUT2D eigenvalue weighted by Gasteiger charge is -2.07. The number of hydrogen-bond acceptors (Lipinski definition) is 4. The van der Waals surface area contributed by atoms with Crippen LogP contribution in [-0.4, -0.2) is 33.0 Å². The molecule has 0 saturated heterocycles. The van der Waals surface area contributed by atoms with Crippen LogP contribution in [0.2, 0.25) is 0 Å². The van der Waals surface area contributed by atoms with Crippen LogP contribution in [0.1, 0.15) is 45.4 Å². The minimum absolute atomic E-state index is 0.0122. The number of sulfonamides is 1. The summed E-state index contributed by atoms with van der Waals surface area (Å²) in [6.07, 6.45) is 6.77. The molecular formula is C11H24N2O3S. The van der Waals surface area contributed by atoms with E-state index in [0.29, 0.717) is 12.7 Å². The average Bonchev–Trinajstić information content (AvgIpc) is 2.30. The van der Waals surface area contributed by atoms with Crippen molar-refractivity contribution >= 4 is 16.3 Å². The van der Waals surface area contributed by atoms with Gasteiger partial charge >= 0.3 is 0 Å². The SMILES string of the molecule is CCCCCCCCS(=O)(=O)NC[C@H](N)C=O. The van der Waals surface area contributed by atoms with Crippen molar-refractivity contribution < 1.29 is 13.2 Å². The lowest BCUT2D eigenvalue weighted by Crippen LogP contribution is -2.39. The summed E-state index contributed by atoms with van der Waals surface area (Å²) in [5, 5.41) is 0. The zero-order valence-corrected chi connectivity index (χ0v) is 11.3. The Bertz CT molecular complexity index is 291. The van der Waals surface area contributed by atoms with E-state index in [1.54, 1.807) is 0 Å². The first kappa shape index (κ1) is 16.5. The second-order valence-corrected chi connectivity index (χ2v) is 6.16. The molecule has 102 valence electrons.